The number of nitro benzene ring substituents is 1. The molecular formula is C18H18FN3O5. The maximum atomic E-state index is 13.7. The summed E-state index contributed by atoms with van der Waals surface area (Å²) in [5.74, 6) is -1.41. The first-order valence-corrected chi connectivity index (χ1v) is 8.31. The number of anilines is 1. The van der Waals surface area contributed by atoms with Crippen LogP contribution in [-0.2, 0) is 9.53 Å². The zero-order valence-corrected chi connectivity index (χ0v) is 14.3. The second-order valence-corrected chi connectivity index (χ2v) is 6.06. The van der Waals surface area contributed by atoms with Gasteiger partial charge in [-0.2, -0.15) is 0 Å². The maximum Gasteiger partial charge on any atom is 0.312 e. The van der Waals surface area contributed by atoms with Gasteiger partial charge < -0.3 is 15.2 Å². The molecule has 1 aliphatic heterocycles. The highest BCUT2D eigenvalue weighted by Crippen LogP contribution is 2.30. The molecule has 0 aliphatic carbocycles. The average Bonchev–Trinajstić information content (AvgIpc) is 2.64. The smallest absolute Gasteiger partial charge is 0.312 e. The van der Waals surface area contributed by atoms with Gasteiger partial charge in [-0.1, -0.05) is 12.1 Å². The van der Waals surface area contributed by atoms with Crippen LogP contribution >= 0.6 is 0 Å². The minimum absolute atomic E-state index is 0.166. The molecule has 2 N–H and O–H groups in total. The molecule has 27 heavy (non-hydrogen) atoms. The highest BCUT2D eigenvalue weighted by Gasteiger charge is 2.30. The SMILES string of the molecule is O=C(Nc1ccc(O)c([N+](=O)[O-])c1)[C@@H](c1cccc(F)c1)N1CCOCC1. The fourth-order valence-electron chi connectivity index (χ4n) is 3.00. The Morgan fingerprint density at radius 1 is 1.26 bits per heavy atom. The zero-order valence-electron chi connectivity index (χ0n) is 14.3. The topological polar surface area (TPSA) is 105 Å². The summed E-state index contributed by atoms with van der Waals surface area (Å²) in [6.45, 7) is 1.88. The second kappa shape index (κ2) is 8.11. The number of hydrogen-bond acceptors (Lipinski definition) is 6. The molecule has 9 heteroatoms. The Hall–Kier alpha value is -3.04. The number of phenolic OH excluding ortho intramolecular Hbond substituents is 1. The number of halogens is 1. The number of nitrogens with zero attached hydrogens (tertiary/aromatic N) is 2. The van der Waals surface area contributed by atoms with Crippen LogP contribution in [-0.4, -0.2) is 47.1 Å². The number of nitrogens with one attached hydrogen (secondary N) is 1. The standard InChI is InChI=1S/C18H18FN3O5/c19-13-3-1-2-12(10-13)17(21-6-8-27-9-7-21)18(24)20-14-4-5-16(23)15(11-14)22(25)26/h1-5,10-11,17,23H,6-9H2,(H,20,24)/t17-/m1/s1. The van der Waals surface area contributed by atoms with Crippen LogP contribution < -0.4 is 5.32 Å². The molecular weight excluding hydrogens is 357 g/mol. The van der Waals surface area contributed by atoms with Crippen molar-refractivity contribution in [2.45, 2.75) is 6.04 Å². The average molecular weight is 375 g/mol. The van der Waals surface area contributed by atoms with Crippen LogP contribution in [0.15, 0.2) is 42.5 Å². The molecule has 0 aromatic heterocycles. The lowest BCUT2D eigenvalue weighted by atomic mass is 10.0. The van der Waals surface area contributed by atoms with Crippen molar-refractivity contribution >= 4 is 17.3 Å². The van der Waals surface area contributed by atoms with E-state index >= 15 is 0 Å². The minimum atomic E-state index is -0.780. The van der Waals surface area contributed by atoms with E-state index in [1.807, 2.05) is 4.90 Å². The van der Waals surface area contributed by atoms with E-state index in [0.717, 1.165) is 12.1 Å². The highest BCUT2D eigenvalue weighted by atomic mass is 19.1. The Morgan fingerprint density at radius 2 is 2.00 bits per heavy atom. The zero-order chi connectivity index (χ0) is 19.4. The van der Waals surface area contributed by atoms with Gasteiger partial charge in [-0.25, -0.2) is 4.39 Å². The van der Waals surface area contributed by atoms with E-state index in [-0.39, 0.29) is 5.69 Å². The first-order chi connectivity index (χ1) is 13.0. The van der Waals surface area contributed by atoms with Crippen molar-refractivity contribution in [3.8, 4) is 5.75 Å². The van der Waals surface area contributed by atoms with Crippen LogP contribution in [0.5, 0.6) is 5.75 Å². The molecule has 2 aromatic carbocycles. The monoisotopic (exact) mass is 375 g/mol. The van der Waals surface area contributed by atoms with Crippen LogP contribution in [0.4, 0.5) is 15.8 Å². The van der Waals surface area contributed by atoms with Gasteiger partial charge in [0.1, 0.15) is 11.9 Å². The number of amides is 1. The summed E-state index contributed by atoms with van der Waals surface area (Å²) in [5.41, 5.74) is 0.128. The quantitative estimate of drug-likeness (QED) is 0.473. The lowest BCUT2D eigenvalue weighted by Gasteiger charge is -2.33. The lowest BCUT2D eigenvalue weighted by molar-refractivity contribution is -0.385. The van der Waals surface area contributed by atoms with Gasteiger partial charge >= 0.3 is 5.69 Å². The van der Waals surface area contributed by atoms with Gasteiger partial charge in [0.25, 0.3) is 0 Å². The molecule has 8 nitrogen and oxygen atoms in total. The van der Waals surface area contributed by atoms with E-state index in [1.165, 1.54) is 24.3 Å². The summed E-state index contributed by atoms with van der Waals surface area (Å²) in [6.07, 6.45) is 0. The second-order valence-electron chi connectivity index (χ2n) is 6.06. The van der Waals surface area contributed by atoms with E-state index in [4.69, 9.17) is 4.74 Å². The molecule has 0 radical (unpaired) electrons. The van der Waals surface area contributed by atoms with Gasteiger partial charge in [0.2, 0.25) is 5.91 Å². The van der Waals surface area contributed by atoms with Crippen LogP contribution in [0.25, 0.3) is 0 Å². The molecule has 0 saturated carbocycles. The molecule has 1 saturated heterocycles. The van der Waals surface area contributed by atoms with E-state index in [0.29, 0.717) is 31.9 Å². The van der Waals surface area contributed by atoms with Gasteiger partial charge in [-0.05, 0) is 29.8 Å². The molecule has 142 valence electrons. The first kappa shape index (κ1) is 18.7. The molecule has 1 fully saturated rings. The largest absolute Gasteiger partial charge is 0.502 e. The van der Waals surface area contributed by atoms with Crippen molar-refractivity contribution < 1.29 is 24.0 Å². The van der Waals surface area contributed by atoms with Gasteiger partial charge in [-0.15, -0.1) is 0 Å². The van der Waals surface area contributed by atoms with Crippen molar-refractivity contribution in [1.29, 1.82) is 0 Å². The number of nitro groups is 1. The van der Waals surface area contributed by atoms with Crippen LogP contribution in [0.3, 0.4) is 0 Å². The van der Waals surface area contributed by atoms with Gasteiger partial charge in [0.15, 0.2) is 5.75 Å². The first-order valence-electron chi connectivity index (χ1n) is 8.31. The van der Waals surface area contributed by atoms with Gasteiger partial charge in [-0.3, -0.25) is 19.8 Å². The molecule has 1 amide bonds. The summed E-state index contributed by atoms with van der Waals surface area (Å²) in [4.78, 5) is 25.0. The highest BCUT2D eigenvalue weighted by molar-refractivity contribution is 5.96. The summed E-state index contributed by atoms with van der Waals surface area (Å²) >= 11 is 0. The number of carbonyl (C=O) groups is 1. The number of rotatable bonds is 5. The van der Waals surface area contributed by atoms with E-state index < -0.39 is 34.1 Å². The van der Waals surface area contributed by atoms with Crippen LogP contribution in [0.2, 0.25) is 0 Å². The summed E-state index contributed by atoms with van der Waals surface area (Å²) < 4.78 is 19.0. The normalized spacial score (nSPS) is 15.9. The number of morpholine rings is 1. The number of aromatic hydroxyl groups is 1. The van der Waals surface area contributed by atoms with Gasteiger partial charge in [0, 0.05) is 24.8 Å². The Labute approximate surface area is 154 Å². The molecule has 3 rings (SSSR count). The van der Waals surface area contributed by atoms with Crippen molar-refractivity contribution in [3.63, 3.8) is 0 Å². The third-order valence-corrected chi connectivity index (χ3v) is 4.26. The Bertz CT molecular complexity index is 855. The Balaban J connectivity index is 1.89. The summed E-state index contributed by atoms with van der Waals surface area (Å²) in [7, 11) is 0. The summed E-state index contributed by atoms with van der Waals surface area (Å²) in [5, 5.41) is 23.1. The molecule has 0 unspecified atom stereocenters. The third-order valence-electron chi connectivity index (χ3n) is 4.26. The van der Waals surface area contributed by atoms with E-state index in [2.05, 4.69) is 5.32 Å². The predicted octanol–water partition coefficient (Wildman–Crippen LogP) is 2.45. The van der Waals surface area contributed by atoms with E-state index in [1.54, 1.807) is 6.07 Å². The molecule has 1 atom stereocenters. The minimum Gasteiger partial charge on any atom is -0.502 e. The third kappa shape index (κ3) is 4.39. The molecule has 0 bridgehead atoms. The fourth-order valence-corrected chi connectivity index (χ4v) is 3.00. The number of benzene rings is 2. The number of phenols is 1. The lowest BCUT2D eigenvalue weighted by Crippen LogP contribution is -2.43. The fraction of sp³-hybridized carbons (Fsp3) is 0.278. The van der Waals surface area contributed by atoms with Crippen LogP contribution in [0.1, 0.15) is 11.6 Å². The Kier molecular flexibility index (Phi) is 5.63. The molecule has 1 aliphatic rings. The number of ether oxygens (including phenoxy) is 1. The molecule has 0 spiro atoms. The Morgan fingerprint density at radius 3 is 2.67 bits per heavy atom. The van der Waals surface area contributed by atoms with Crippen molar-refractivity contribution in [2.75, 3.05) is 31.6 Å². The van der Waals surface area contributed by atoms with Crippen molar-refractivity contribution in [3.05, 3.63) is 64.0 Å². The molecule has 1 heterocycles. The van der Waals surface area contributed by atoms with E-state index in [9.17, 15) is 24.4 Å². The van der Waals surface area contributed by atoms with Crippen LogP contribution in [0, 0.1) is 15.9 Å². The van der Waals surface area contributed by atoms with Gasteiger partial charge in [0.05, 0.1) is 18.1 Å². The molecule has 2 aromatic rings. The summed E-state index contributed by atoms with van der Waals surface area (Å²) in [6, 6.07) is 8.56. The number of carbonyl (C=O) groups excluding carboxylic acids is 1. The van der Waals surface area contributed by atoms with Crippen molar-refractivity contribution in [2.24, 2.45) is 0 Å². The number of hydrogen-bond donors (Lipinski definition) is 2. The van der Waals surface area contributed by atoms with Crippen molar-refractivity contribution in [1.82, 2.24) is 4.90 Å². The maximum absolute atomic E-state index is 13.7. The predicted molar refractivity (Wildman–Crippen MR) is 94.9 cm³/mol.